The molecular formula is C18H21NO3S2. The second-order valence-corrected chi connectivity index (χ2v) is 8.76. The second kappa shape index (κ2) is 6.26. The van der Waals surface area contributed by atoms with Crippen LogP contribution < -0.4 is 5.32 Å². The van der Waals surface area contributed by atoms with Gasteiger partial charge in [-0.05, 0) is 60.5 Å². The number of carbonyl (C=O) groups excluding carboxylic acids is 1. The maximum absolute atomic E-state index is 12.9. The number of hydrogen-bond donors (Lipinski definition) is 2. The van der Waals surface area contributed by atoms with E-state index < -0.39 is 11.6 Å². The molecule has 0 amide bonds. The Bertz CT molecular complexity index is 656. The van der Waals surface area contributed by atoms with E-state index in [-0.39, 0.29) is 11.5 Å². The number of aliphatic hydroxyl groups is 1. The molecule has 2 atom stereocenters. The standard InChI is InChI=1S/C18H21NO3S2/c20-16(22-13-5-6-17(11-13)7-8-19-12-17)18(21,14-3-1-9-23-14)15-4-2-10-24-15/h1-4,9-10,13,19,21H,5-8,11-12H2. The minimum absolute atomic E-state index is 0.0937. The van der Waals surface area contributed by atoms with Crippen LogP contribution in [0.4, 0.5) is 0 Å². The van der Waals surface area contributed by atoms with Gasteiger partial charge in [-0.1, -0.05) is 12.1 Å². The molecule has 2 aliphatic rings. The molecule has 1 saturated heterocycles. The maximum Gasteiger partial charge on any atom is 0.349 e. The minimum Gasteiger partial charge on any atom is -0.460 e. The zero-order valence-corrected chi connectivity index (χ0v) is 15.0. The average molecular weight is 364 g/mol. The first-order chi connectivity index (χ1) is 11.6. The van der Waals surface area contributed by atoms with E-state index in [2.05, 4.69) is 5.32 Å². The van der Waals surface area contributed by atoms with E-state index in [1.165, 1.54) is 22.7 Å². The molecule has 2 aromatic heterocycles. The van der Waals surface area contributed by atoms with E-state index in [1.807, 2.05) is 22.9 Å². The zero-order chi connectivity index (χ0) is 16.6. The molecule has 6 heteroatoms. The Balaban J connectivity index is 1.55. The van der Waals surface area contributed by atoms with E-state index in [0.29, 0.717) is 9.75 Å². The third kappa shape index (κ3) is 2.71. The number of hydrogen-bond acceptors (Lipinski definition) is 6. The Kier molecular flexibility index (Phi) is 4.24. The van der Waals surface area contributed by atoms with Crippen molar-refractivity contribution in [3.63, 3.8) is 0 Å². The third-order valence-corrected chi connectivity index (χ3v) is 7.27. The van der Waals surface area contributed by atoms with Crippen molar-refractivity contribution in [1.82, 2.24) is 5.32 Å². The predicted octanol–water partition coefficient (Wildman–Crippen LogP) is 3.12. The molecule has 2 N–H and O–H groups in total. The van der Waals surface area contributed by atoms with Crippen molar-refractivity contribution in [2.24, 2.45) is 5.41 Å². The Hall–Kier alpha value is -1.21. The number of rotatable bonds is 4. The van der Waals surface area contributed by atoms with Gasteiger partial charge in [-0.2, -0.15) is 0 Å². The molecule has 24 heavy (non-hydrogen) atoms. The zero-order valence-electron chi connectivity index (χ0n) is 13.4. The minimum atomic E-state index is -1.69. The summed E-state index contributed by atoms with van der Waals surface area (Å²) in [4.78, 5) is 14.2. The molecule has 4 rings (SSSR count). The molecule has 0 aromatic carbocycles. The summed E-state index contributed by atoms with van der Waals surface area (Å²) in [5, 5.41) is 18.4. The third-order valence-electron chi connectivity index (χ3n) is 5.31. The molecule has 1 saturated carbocycles. The quantitative estimate of drug-likeness (QED) is 0.820. The molecule has 2 unspecified atom stereocenters. The highest BCUT2D eigenvalue weighted by Gasteiger charge is 2.48. The van der Waals surface area contributed by atoms with Gasteiger partial charge in [0.05, 0.1) is 9.75 Å². The summed E-state index contributed by atoms with van der Waals surface area (Å²) in [7, 11) is 0. The Labute approximate surface area is 149 Å². The van der Waals surface area contributed by atoms with Crippen molar-refractivity contribution >= 4 is 28.6 Å². The lowest BCUT2D eigenvalue weighted by molar-refractivity contribution is -0.167. The van der Waals surface area contributed by atoms with Crippen LogP contribution in [0.3, 0.4) is 0 Å². The van der Waals surface area contributed by atoms with Gasteiger partial charge < -0.3 is 15.2 Å². The second-order valence-electron chi connectivity index (χ2n) is 6.86. The number of nitrogens with one attached hydrogen (secondary N) is 1. The van der Waals surface area contributed by atoms with Crippen molar-refractivity contribution in [2.75, 3.05) is 13.1 Å². The Morgan fingerprint density at radius 2 is 1.96 bits per heavy atom. The van der Waals surface area contributed by atoms with Gasteiger partial charge in [0.1, 0.15) is 6.10 Å². The largest absolute Gasteiger partial charge is 0.460 e. The summed E-state index contributed by atoms with van der Waals surface area (Å²) < 4.78 is 5.81. The first kappa shape index (κ1) is 16.3. The van der Waals surface area contributed by atoms with E-state index in [4.69, 9.17) is 4.74 Å². The fourth-order valence-corrected chi connectivity index (χ4v) is 5.68. The SMILES string of the molecule is O=C(OC1CCC2(CCNC2)C1)C(O)(c1cccs1)c1cccs1. The van der Waals surface area contributed by atoms with Crippen LogP contribution in [-0.4, -0.2) is 30.3 Å². The lowest BCUT2D eigenvalue weighted by Crippen LogP contribution is -2.39. The van der Waals surface area contributed by atoms with Crippen LogP contribution in [0, 0.1) is 5.41 Å². The van der Waals surface area contributed by atoms with Gasteiger partial charge in [0.25, 0.3) is 0 Å². The molecule has 4 nitrogen and oxygen atoms in total. The van der Waals surface area contributed by atoms with Gasteiger partial charge in [-0.25, -0.2) is 4.79 Å². The summed E-state index contributed by atoms with van der Waals surface area (Å²) in [6, 6.07) is 7.28. The van der Waals surface area contributed by atoms with E-state index in [9.17, 15) is 9.90 Å². The average Bonchev–Trinajstić information content (AvgIpc) is 3.38. The van der Waals surface area contributed by atoms with Gasteiger partial charge in [-0.15, -0.1) is 22.7 Å². The van der Waals surface area contributed by atoms with Crippen LogP contribution >= 0.6 is 22.7 Å². The van der Waals surface area contributed by atoms with Crippen molar-refractivity contribution in [1.29, 1.82) is 0 Å². The number of ether oxygens (including phenoxy) is 1. The molecule has 1 spiro atoms. The molecule has 2 fully saturated rings. The lowest BCUT2D eigenvalue weighted by Gasteiger charge is -2.27. The van der Waals surface area contributed by atoms with Crippen molar-refractivity contribution < 1.29 is 14.6 Å². The summed E-state index contributed by atoms with van der Waals surface area (Å²) in [5.41, 5.74) is -1.40. The first-order valence-electron chi connectivity index (χ1n) is 8.35. The summed E-state index contributed by atoms with van der Waals surface area (Å²) in [6.07, 6.45) is 3.94. The number of thiophene rings is 2. The van der Waals surface area contributed by atoms with E-state index in [1.54, 1.807) is 12.1 Å². The molecular weight excluding hydrogens is 342 g/mol. The molecule has 3 heterocycles. The van der Waals surface area contributed by atoms with Crippen LogP contribution in [-0.2, 0) is 15.1 Å². The van der Waals surface area contributed by atoms with Crippen LogP contribution in [0.15, 0.2) is 35.0 Å². The smallest absolute Gasteiger partial charge is 0.349 e. The van der Waals surface area contributed by atoms with Gasteiger partial charge in [0.15, 0.2) is 0 Å². The fourth-order valence-electron chi connectivity index (χ4n) is 3.97. The highest BCUT2D eigenvalue weighted by atomic mass is 32.1. The molecule has 2 aromatic rings. The highest BCUT2D eigenvalue weighted by molar-refractivity contribution is 7.12. The van der Waals surface area contributed by atoms with Crippen LogP contribution in [0.5, 0.6) is 0 Å². The van der Waals surface area contributed by atoms with Gasteiger partial charge >= 0.3 is 5.97 Å². The number of carbonyl (C=O) groups is 1. The Morgan fingerprint density at radius 1 is 1.25 bits per heavy atom. The van der Waals surface area contributed by atoms with Gasteiger partial charge in [0.2, 0.25) is 5.60 Å². The first-order valence-corrected chi connectivity index (χ1v) is 10.1. The summed E-state index contributed by atoms with van der Waals surface area (Å²) in [6.45, 7) is 2.07. The van der Waals surface area contributed by atoms with Crippen molar-refractivity contribution in [2.45, 2.75) is 37.4 Å². The van der Waals surface area contributed by atoms with E-state index in [0.717, 1.165) is 38.8 Å². The lowest BCUT2D eigenvalue weighted by atomic mass is 9.85. The molecule has 1 aliphatic carbocycles. The van der Waals surface area contributed by atoms with Crippen molar-refractivity contribution in [3.8, 4) is 0 Å². The van der Waals surface area contributed by atoms with Crippen LogP contribution in [0.2, 0.25) is 0 Å². The normalized spacial score (nSPS) is 27.0. The number of esters is 1. The molecule has 0 radical (unpaired) electrons. The van der Waals surface area contributed by atoms with Crippen LogP contribution in [0.1, 0.15) is 35.4 Å². The highest BCUT2D eigenvalue weighted by Crippen LogP contribution is 2.45. The topological polar surface area (TPSA) is 58.6 Å². The van der Waals surface area contributed by atoms with Gasteiger partial charge in [0, 0.05) is 6.54 Å². The van der Waals surface area contributed by atoms with E-state index >= 15 is 0 Å². The maximum atomic E-state index is 12.9. The monoisotopic (exact) mass is 363 g/mol. The molecule has 128 valence electrons. The molecule has 1 aliphatic heterocycles. The van der Waals surface area contributed by atoms with Gasteiger partial charge in [-0.3, -0.25) is 0 Å². The van der Waals surface area contributed by atoms with Crippen LogP contribution in [0.25, 0.3) is 0 Å². The summed E-state index contributed by atoms with van der Waals surface area (Å²) >= 11 is 2.76. The Morgan fingerprint density at radius 3 is 2.50 bits per heavy atom. The van der Waals surface area contributed by atoms with Crippen molar-refractivity contribution in [3.05, 3.63) is 44.8 Å². The summed E-state index contributed by atoms with van der Waals surface area (Å²) in [5.74, 6) is -0.541. The fraction of sp³-hybridized carbons (Fsp3) is 0.500. The predicted molar refractivity (Wildman–Crippen MR) is 95.3 cm³/mol. The molecule has 0 bridgehead atoms.